The van der Waals surface area contributed by atoms with Crippen molar-refractivity contribution in [3.63, 3.8) is 0 Å². The Morgan fingerprint density at radius 3 is 2.71 bits per heavy atom. The van der Waals surface area contributed by atoms with Crippen molar-refractivity contribution < 1.29 is 14.3 Å². The third kappa shape index (κ3) is 3.26. The maximum absolute atomic E-state index is 12.5. The van der Waals surface area contributed by atoms with E-state index < -0.39 is 0 Å². The van der Waals surface area contributed by atoms with Gasteiger partial charge in [-0.3, -0.25) is 14.2 Å². The van der Waals surface area contributed by atoms with Crippen LogP contribution in [-0.4, -0.2) is 27.4 Å². The van der Waals surface area contributed by atoms with Gasteiger partial charge in [0.25, 0.3) is 5.56 Å². The van der Waals surface area contributed by atoms with Crippen LogP contribution in [0.4, 0.5) is 0 Å². The summed E-state index contributed by atoms with van der Waals surface area (Å²) >= 11 is 1.18. The molecular formula is C17H20N2O4S. The van der Waals surface area contributed by atoms with Gasteiger partial charge >= 0.3 is 5.97 Å². The fraction of sp³-hybridized carbons (Fsp3) is 0.529. The fourth-order valence-corrected chi connectivity index (χ4v) is 4.12. The maximum atomic E-state index is 12.5. The number of thiophene rings is 1. The van der Waals surface area contributed by atoms with E-state index >= 15 is 0 Å². The van der Waals surface area contributed by atoms with Gasteiger partial charge in [0.15, 0.2) is 0 Å². The molecule has 0 bridgehead atoms. The summed E-state index contributed by atoms with van der Waals surface area (Å²) in [5.41, 5.74) is 0.298. The SMILES string of the molecule is CC(=O)Cn1cnc2sc(C(=O)OC3CCCCC3)c(C)c2c1=O. The lowest BCUT2D eigenvalue weighted by Crippen LogP contribution is -2.23. The third-order valence-electron chi connectivity index (χ3n) is 4.32. The van der Waals surface area contributed by atoms with E-state index in [1.54, 1.807) is 6.92 Å². The van der Waals surface area contributed by atoms with Gasteiger partial charge in [0.2, 0.25) is 0 Å². The van der Waals surface area contributed by atoms with E-state index in [1.807, 2.05) is 0 Å². The van der Waals surface area contributed by atoms with Crippen molar-refractivity contribution in [1.29, 1.82) is 0 Å². The molecule has 0 amide bonds. The van der Waals surface area contributed by atoms with Crippen molar-refractivity contribution in [2.75, 3.05) is 0 Å². The number of aromatic nitrogens is 2. The van der Waals surface area contributed by atoms with E-state index in [-0.39, 0.29) is 30.0 Å². The minimum absolute atomic E-state index is 0.0150. The van der Waals surface area contributed by atoms with Gasteiger partial charge in [0, 0.05) is 0 Å². The molecule has 0 saturated heterocycles. The number of ketones is 1. The Morgan fingerprint density at radius 2 is 2.04 bits per heavy atom. The summed E-state index contributed by atoms with van der Waals surface area (Å²) in [4.78, 5) is 41.4. The Morgan fingerprint density at radius 1 is 1.33 bits per heavy atom. The molecule has 1 aliphatic rings. The van der Waals surface area contributed by atoms with Crippen LogP contribution in [0.15, 0.2) is 11.1 Å². The molecule has 0 spiro atoms. The second-order valence-corrected chi connectivity index (χ2v) is 7.28. The molecular weight excluding hydrogens is 328 g/mol. The normalized spacial score (nSPS) is 15.6. The van der Waals surface area contributed by atoms with Crippen LogP contribution in [0.25, 0.3) is 10.2 Å². The summed E-state index contributed by atoms with van der Waals surface area (Å²) in [5, 5.41) is 0.402. The molecule has 0 N–H and O–H groups in total. The highest BCUT2D eigenvalue weighted by atomic mass is 32.1. The minimum Gasteiger partial charge on any atom is -0.458 e. The van der Waals surface area contributed by atoms with Crippen molar-refractivity contribution in [2.45, 2.75) is 58.6 Å². The number of aryl methyl sites for hydroxylation is 1. The zero-order valence-electron chi connectivity index (χ0n) is 13.8. The molecule has 0 radical (unpaired) electrons. The molecule has 6 nitrogen and oxygen atoms in total. The van der Waals surface area contributed by atoms with Crippen molar-refractivity contribution in [1.82, 2.24) is 9.55 Å². The predicted molar refractivity (Wildman–Crippen MR) is 91.6 cm³/mol. The van der Waals surface area contributed by atoms with Crippen LogP contribution in [0, 0.1) is 6.92 Å². The van der Waals surface area contributed by atoms with Crippen molar-refractivity contribution in [2.24, 2.45) is 0 Å². The highest BCUT2D eigenvalue weighted by Crippen LogP contribution is 2.29. The van der Waals surface area contributed by atoms with Crippen LogP contribution in [0.1, 0.15) is 54.3 Å². The first kappa shape index (κ1) is 16.8. The quantitative estimate of drug-likeness (QED) is 0.794. The van der Waals surface area contributed by atoms with Crippen LogP contribution < -0.4 is 5.56 Å². The molecule has 7 heteroatoms. The third-order valence-corrected chi connectivity index (χ3v) is 5.50. The molecule has 1 aliphatic carbocycles. The number of hydrogen-bond donors (Lipinski definition) is 0. The topological polar surface area (TPSA) is 78.3 Å². The van der Waals surface area contributed by atoms with E-state index in [9.17, 15) is 14.4 Å². The van der Waals surface area contributed by atoms with E-state index in [4.69, 9.17) is 4.74 Å². The van der Waals surface area contributed by atoms with Crippen molar-refractivity contribution in [3.8, 4) is 0 Å². The first-order valence-electron chi connectivity index (χ1n) is 8.16. The van der Waals surface area contributed by atoms with Crippen molar-refractivity contribution >= 4 is 33.3 Å². The lowest BCUT2D eigenvalue weighted by Gasteiger charge is -2.21. The molecule has 0 atom stereocenters. The zero-order valence-corrected chi connectivity index (χ0v) is 14.6. The van der Waals surface area contributed by atoms with E-state index in [0.29, 0.717) is 20.7 Å². The minimum atomic E-state index is -0.375. The Labute approximate surface area is 143 Å². The number of fused-ring (bicyclic) bond motifs is 1. The second kappa shape index (κ2) is 6.84. The van der Waals surface area contributed by atoms with Gasteiger partial charge < -0.3 is 4.74 Å². The molecule has 2 aromatic heterocycles. The lowest BCUT2D eigenvalue weighted by molar-refractivity contribution is -0.117. The molecule has 2 heterocycles. The Balaban J connectivity index is 1.93. The van der Waals surface area contributed by atoms with Gasteiger partial charge in [-0.05, 0) is 45.1 Å². The van der Waals surface area contributed by atoms with Gasteiger partial charge in [-0.25, -0.2) is 9.78 Å². The van der Waals surface area contributed by atoms with Crippen LogP contribution in [0.3, 0.4) is 0 Å². The summed E-state index contributed by atoms with van der Waals surface area (Å²) in [7, 11) is 0. The highest BCUT2D eigenvalue weighted by molar-refractivity contribution is 7.20. The fourth-order valence-electron chi connectivity index (χ4n) is 3.09. The standard InChI is InChI=1S/C17H20N2O4S/c1-10(20)8-19-9-18-15-13(16(19)21)11(2)14(24-15)17(22)23-12-6-4-3-5-7-12/h9,12H,3-8H2,1-2H3. The van der Waals surface area contributed by atoms with Gasteiger partial charge in [-0.2, -0.15) is 0 Å². The molecule has 1 saturated carbocycles. The number of carbonyl (C=O) groups is 2. The smallest absolute Gasteiger partial charge is 0.348 e. The molecule has 0 aromatic carbocycles. The van der Waals surface area contributed by atoms with Gasteiger partial charge in [0.1, 0.15) is 21.6 Å². The van der Waals surface area contributed by atoms with Crippen molar-refractivity contribution in [3.05, 3.63) is 27.1 Å². The van der Waals surface area contributed by atoms with Crippen LogP contribution >= 0.6 is 11.3 Å². The molecule has 2 aromatic rings. The number of ether oxygens (including phenoxy) is 1. The first-order valence-corrected chi connectivity index (χ1v) is 8.98. The summed E-state index contributed by atoms with van der Waals surface area (Å²) in [6, 6.07) is 0. The monoisotopic (exact) mass is 348 g/mol. The molecule has 1 fully saturated rings. The number of nitrogens with zero attached hydrogens (tertiary/aromatic N) is 2. The Bertz CT molecular complexity index is 846. The Kier molecular flexibility index (Phi) is 4.80. The van der Waals surface area contributed by atoms with Crippen LogP contribution in [0.5, 0.6) is 0 Å². The summed E-state index contributed by atoms with van der Waals surface area (Å²) in [6.07, 6.45) is 6.49. The lowest BCUT2D eigenvalue weighted by atomic mass is 9.98. The number of esters is 1. The number of Topliss-reactive ketones (excluding diaryl/α,β-unsaturated/α-hetero) is 1. The van der Waals surface area contributed by atoms with E-state index in [2.05, 4.69) is 4.98 Å². The average molecular weight is 348 g/mol. The maximum Gasteiger partial charge on any atom is 0.348 e. The molecule has 24 heavy (non-hydrogen) atoms. The van der Waals surface area contributed by atoms with Gasteiger partial charge in [-0.1, -0.05) is 6.42 Å². The molecule has 0 aliphatic heterocycles. The number of carbonyl (C=O) groups excluding carboxylic acids is 2. The van der Waals surface area contributed by atoms with E-state index in [1.165, 1.54) is 35.6 Å². The van der Waals surface area contributed by atoms with Crippen LogP contribution in [0.2, 0.25) is 0 Å². The van der Waals surface area contributed by atoms with Gasteiger partial charge in [0.05, 0.1) is 18.3 Å². The largest absolute Gasteiger partial charge is 0.458 e. The van der Waals surface area contributed by atoms with Crippen LogP contribution in [-0.2, 0) is 16.1 Å². The second-order valence-electron chi connectivity index (χ2n) is 6.28. The highest BCUT2D eigenvalue weighted by Gasteiger charge is 2.24. The van der Waals surface area contributed by atoms with E-state index in [0.717, 1.165) is 25.7 Å². The average Bonchev–Trinajstić information content (AvgIpc) is 2.88. The molecule has 128 valence electrons. The molecule has 3 rings (SSSR count). The zero-order chi connectivity index (χ0) is 17.3. The summed E-state index contributed by atoms with van der Waals surface area (Å²) in [5.74, 6) is -0.497. The Hall–Kier alpha value is -2.02. The summed E-state index contributed by atoms with van der Waals surface area (Å²) < 4.78 is 6.88. The van der Waals surface area contributed by atoms with Gasteiger partial charge in [-0.15, -0.1) is 11.3 Å². The number of hydrogen-bond acceptors (Lipinski definition) is 6. The summed E-state index contributed by atoms with van der Waals surface area (Å²) in [6.45, 7) is 3.14. The molecule has 0 unspecified atom stereocenters. The predicted octanol–water partition coefficient (Wildman–Crippen LogP) is 2.84. The first-order chi connectivity index (χ1) is 11.5. The number of rotatable bonds is 4.